The minimum Gasteiger partial charge on any atom is -0.365 e. The third kappa shape index (κ3) is 2.47. The second-order valence-corrected chi connectivity index (χ2v) is 6.67. The van der Waals surface area contributed by atoms with Crippen LogP contribution in [0, 0.1) is 0 Å². The topological polar surface area (TPSA) is 42.2 Å². The zero-order valence-electron chi connectivity index (χ0n) is 13.9. The predicted molar refractivity (Wildman–Crippen MR) is 107 cm³/mol. The van der Waals surface area contributed by atoms with Gasteiger partial charge in [-0.2, -0.15) is 0 Å². The molecule has 0 bridgehead atoms. The maximum Gasteiger partial charge on any atom is 0.140 e. The average molecular weight is 359 g/mol. The van der Waals surface area contributed by atoms with Gasteiger partial charge in [0.05, 0.1) is 17.2 Å². The van der Waals surface area contributed by atoms with Crippen molar-refractivity contribution in [2.24, 2.45) is 0 Å². The van der Waals surface area contributed by atoms with Crippen LogP contribution < -0.4 is 5.32 Å². The molecule has 5 aromatic rings. The third-order valence-corrected chi connectivity index (χ3v) is 4.80. The molecule has 0 atom stereocenters. The van der Waals surface area contributed by atoms with Crippen LogP contribution in [0.1, 0.15) is 5.56 Å². The number of para-hydroxylation sites is 1. The normalized spacial score (nSPS) is 11.4. The highest BCUT2D eigenvalue weighted by molar-refractivity contribution is 6.30. The van der Waals surface area contributed by atoms with Crippen LogP contribution in [0.4, 0.5) is 5.82 Å². The Morgan fingerprint density at radius 2 is 1.88 bits per heavy atom. The Morgan fingerprint density at radius 1 is 0.962 bits per heavy atom. The summed E-state index contributed by atoms with van der Waals surface area (Å²) in [4.78, 5) is 9.20. The number of nitrogens with one attached hydrogen (secondary N) is 1. The van der Waals surface area contributed by atoms with E-state index in [4.69, 9.17) is 16.6 Å². The van der Waals surface area contributed by atoms with Crippen molar-refractivity contribution >= 4 is 44.9 Å². The van der Waals surface area contributed by atoms with Gasteiger partial charge in [0.15, 0.2) is 0 Å². The lowest BCUT2D eigenvalue weighted by Crippen LogP contribution is -2.04. The van der Waals surface area contributed by atoms with E-state index in [0.29, 0.717) is 6.54 Å². The zero-order valence-corrected chi connectivity index (χ0v) is 14.6. The van der Waals surface area contributed by atoms with Crippen molar-refractivity contribution in [1.82, 2.24) is 14.4 Å². The number of halogens is 1. The van der Waals surface area contributed by atoms with Crippen molar-refractivity contribution in [2.75, 3.05) is 5.32 Å². The summed E-state index contributed by atoms with van der Waals surface area (Å²) in [5.74, 6) is 0.845. The second kappa shape index (κ2) is 6.00. The Kier molecular flexibility index (Phi) is 3.50. The minimum atomic E-state index is 0.654. The molecular weight excluding hydrogens is 344 g/mol. The van der Waals surface area contributed by atoms with Gasteiger partial charge in [0, 0.05) is 28.5 Å². The molecule has 0 radical (unpaired) electrons. The van der Waals surface area contributed by atoms with Crippen LogP contribution >= 0.6 is 11.6 Å². The molecule has 0 saturated carbocycles. The van der Waals surface area contributed by atoms with Crippen molar-refractivity contribution in [3.63, 3.8) is 0 Å². The first kappa shape index (κ1) is 15.2. The molecule has 2 aromatic carbocycles. The highest BCUT2D eigenvalue weighted by Gasteiger charge is 2.11. The van der Waals surface area contributed by atoms with Crippen molar-refractivity contribution in [1.29, 1.82) is 0 Å². The fourth-order valence-electron chi connectivity index (χ4n) is 3.38. The van der Waals surface area contributed by atoms with E-state index in [2.05, 4.69) is 32.9 Å². The van der Waals surface area contributed by atoms with E-state index in [1.807, 2.05) is 48.7 Å². The van der Waals surface area contributed by atoms with E-state index in [9.17, 15) is 0 Å². The minimum absolute atomic E-state index is 0.654. The molecule has 0 aliphatic carbocycles. The van der Waals surface area contributed by atoms with Gasteiger partial charge in [-0.15, -0.1) is 0 Å². The predicted octanol–water partition coefficient (Wildman–Crippen LogP) is 5.30. The maximum atomic E-state index is 6.09. The summed E-state index contributed by atoms with van der Waals surface area (Å²) < 4.78 is 2.15. The lowest BCUT2D eigenvalue weighted by molar-refractivity contribution is 1.11. The third-order valence-electron chi connectivity index (χ3n) is 4.56. The number of aromatic nitrogens is 3. The van der Waals surface area contributed by atoms with E-state index >= 15 is 0 Å². The van der Waals surface area contributed by atoms with Crippen LogP contribution in [-0.2, 0) is 6.54 Å². The van der Waals surface area contributed by atoms with Crippen LogP contribution in [0.15, 0.2) is 73.1 Å². The molecule has 3 aromatic heterocycles. The Morgan fingerprint density at radius 3 is 2.81 bits per heavy atom. The van der Waals surface area contributed by atoms with Gasteiger partial charge in [-0.25, -0.2) is 4.98 Å². The number of hydrogen-bond acceptors (Lipinski definition) is 3. The molecule has 0 aliphatic heterocycles. The largest absolute Gasteiger partial charge is 0.365 e. The molecule has 0 fully saturated rings. The molecule has 3 heterocycles. The molecule has 0 aliphatic rings. The lowest BCUT2D eigenvalue weighted by Gasteiger charge is -2.11. The van der Waals surface area contributed by atoms with Crippen LogP contribution in [0.3, 0.4) is 0 Å². The van der Waals surface area contributed by atoms with E-state index in [0.717, 1.165) is 43.9 Å². The summed E-state index contributed by atoms with van der Waals surface area (Å²) in [7, 11) is 0. The summed E-state index contributed by atoms with van der Waals surface area (Å²) in [5, 5.41) is 6.39. The standard InChI is InChI=1S/C21H15ClN4/c22-16-6-3-4-14(10-16)12-24-21-17-8-9-23-13-19(17)26-18-7-2-1-5-15(18)11-20(26)25-21/h1-11,13H,12H2,(H,24,25). The summed E-state index contributed by atoms with van der Waals surface area (Å²) in [6.07, 6.45) is 3.69. The Bertz CT molecular complexity index is 1260. The van der Waals surface area contributed by atoms with E-state index in [1.54, 1.807) is 6.20 Å². The number of anilines is 1. The van der Waals surface area contributed by atoms with Gasteiger partial charge < -0.3 is 5.32 Å². The van der Waals surface area contributed by atoms with Gasteiger partial charge in [-0.05, 0) is 35.9 Å². The monoisotopic (exact) mass is 358 g/mol. The fourth-order valence-corrected chi connectivity index (χ4v) is 3.60. The molecule has 4 nitrogen and oxygen atoms in total. The number of fused-ring (bicyclic) bond motifs is 5. The summed E-state index contributed by atoms with van der Waals surface area (Å²) in [6, 6.07) is 20.2. The van der Waals surface area contributed by atoms with E-state index < -0.39 is 0 Å². The Hall–Kier alpha value is -3.11. The van der Waals surface area contributed by atoms with Gasteiger partial charge in [-0.1, -0.05) is 41.9 Å². The quantitative estimate of drug-likeness (QED) is 0.475. The van der Waals surface area contributed by atoms with E-state index in [-0.39, 0.29) is 0 Å². The van der Waals surface area contributed by atoms with Gasteiger partial charge in [0.1, 0.15) is 11.5 Å². The average Bonchev–Trinajstić information content (AvgIpc) is 3.05. The maximum absolute atomic E-state index is 6.09. The summed E-state index contributed by atoms with van der Waals surface area (Å²) in [6.45, 7) is 0.654. The van der Waals surface area contributed by atoms with Gasteiger partial charge >= 0.3 is 0 Å². The van der Waals surface area contributed by atoms with Crippen molar-refractivity contribution in [2.45, 2.75) is 6.54 Å². The summed E-state index contributed by atoms with van der Waals surface area (Å²) >= 11 is 6.09. The van der Waals surface area contributed by atoms with Gasteiger partial charge in [-0.3, -0.25) is 9.38 Å². The highest BCUT2D eigenvalue weighted by Crippen LogP contribution is 2.28. The van der Waals surface area contributed by atoms with Crippen LogP contribution in [0.5, 0.6) is 0 Å². The van der Waals surface area contributed by atoms with Crippen LogP contribution in [-0.4, -0.2) is 14.4 Å². The summed E-state index contributed by atoms with van der Waals surface area (Å²) in [5.41, 5.74) is 4.18. The SMILES string of the molecule is Clc1cccc(CNc2nc3cc4ccccc4n3c3cnccc23)c1. The molecule has 26 heavy (non-hydrogen) atoms. The number of pyridine rings is 1. The first-order valence-electron chi connectivity index (χ1n) is 8.42. The van der Waals surface area contributed by atoms with Crippen molar-refractivity contribution in [3.05, 3.63) is 83.6 Å². The fraction of sp³-hybridized carbons (Fsp3) is 0.0476. The molecule has 0 saturated heterocycles. The Labute approximate surface area is 155 Å². The number of nitrogens with zero attached hydrogens (tertiary/aromatic N) is 3. The first-order chi connectivity index (χ1) is 12.8. The first-order valence-corrected chi connectivity index (χ1v) is 8.80. The smallest absolute Gasteiger partial charge is 0.140 e. The Balaban J connectivity index is 1.68. The van der Waals surface area contributed by atoms with Crippen LogP contribution in [0.2, 0.25) is 5.02 Å². The molecular formula is C21H15ClN4. The molecule has 5 heteroatoms. The molecule has 5 rings (SSSR count). The molecule has 0 amide bonds. The molecule has 126 valence electrons. The second-order valence-electron chi connectivity index (χ2n) is 6.23. The van der Waals surface area contributed by atoms with E-state index in [1.165, 1.54) is 0 Å². The van der Waals surface area contributed by atoms with Crippen molar-refractivity contribution in [3.8, 4) is 0 Å². The number of rotatable bonds is 3. The molecule has 0 unspecified atom stereocenters. The zero-order chi connectivity index (χ0) is 17.5. The molecule has 1 N–H and O–H groups in total. The lowest BCUT2D eigenvalue weighted by atomic mass is 10.2. The number of benzene rings is 2. The van der Waals surface area contributed by atoms with Crippen LogP contribution in [0.25, 0.3) is 27.5 Å². The molecule has 0 spiro atoms. The van der Waals surface area contributed by atoms with Gasteiger partial charge in [0.25, 0.3) is 0 Å². The highest BCUT2D eigenvalue weighted by atomic mass is 35.5. The van der Waals surface area contributed by atoms with Crippen molar-refractivity contribution < 1.29 is 0 Å². The number of hydrogen-bond donors (Lipinski definition) is 1. The van der Waals surface area contributed by atoms with Gasteiger partial charge in [0.2, 0.25) is 0 Å².